The summed E-state index contributed by atoms with van der Waals surface area (Å²) in [6, 6.07) is 17.7. The molecule has 5 heteroatoms. The van der Waals surface area contributed by atoms with Crippen molar-refractivity contribution in [3.05, 3.63) is 70.2 Å². The first-order valence-electron chi connectivity index (χ1n) is 7.35. The molecule has 2 rings (SSSR count). The standard InChI is InChI=1S/C18H21BrN2O.ClH/c1-21(12-11-14-7-9-16(19)10-8-14)18(22)13-17(20)15-5-3-2-4-6-15;/h2-10,17H,11-13,20H2,1H3;1H. The van der Waals surface area contributed by atoms with Gasteiger partial charge in [-0.3, -0.25) is 4.79 Å². The van der Waals surface area contributed by atoms with Crippen LogP contribution in [-0.4, -0.2) is 24.4 Å². The maximum Gasteiger partial charge on any atom is 0.224 e. The van der Waals surface area contributed by atoms with Crippen LogP contribution in [0.2, 0.25) is 0 Å². The zero-order chi connectivity index (χ0) is 15.9. The van der Waals surface area contributed by atoms with Crippen LogP contribution in [0, 0.1) is 0 Å². The Kier molecular flexibility index (Phi) is 8.31. The van der Waals surface area contributed by atoms with Gasteiger partial charge in [0.15, 0.2) is 0 Å². The first kappa shape index (κ1) is 19.7. The summed E-state index contributed by atoms with van der Waals surface area (Å²) in [6.07, 6.45) is 1.18. The van der Waals surface area contributed by atoms with E-state index in [2.05, 4.69) is 28.1 Å². The van der Waals surface area contributed by atoms with E-state index in [1.54, 1.807) is 4.90 Å². The molecule has 0 aromatic heterocycles. The minimum Gasteiger partial charge on any atom is -0.345 e. The van der Waals surface area contributed by atoms with Gasteiger partial charge in [-0.05, 0) is 29.7 Å². The number of nitrogens with zero attached hydrogens (tertiary/aromatic N) is 1. The molecule has 23 heavy (non-hydrogen) atoms. The molecule has 0 saturated carbocycles. The lowest BCUT2D eigenvalue weighted by Gasteiger charge is -2.20. The summed E-state index contributed by atoms with van der Waals surface area (Å²) < 4.78 is 1.06. The third-order valence-corrected chi connectivity index (χ3v) is 4.23. The highest BCUT2D eigenvalue weighted by Gasteiger charge is 2.14. The quantitative estimate of drug-likeness (QED) is 0.802. The van der Waals surface area contributed by atoms with Crippen LogP contribution in [0.1, 0.15) is 23.6 Å². The SMILES string of the molecule is CN(CCc1ccc(Br)cc1)C(=O)CC(N)c1ccccc1.Cl. The second kappa shape index (κ2) is 9.71. The van der Waals surface area contributed by atoms with Crippen molar-refractivity contribution >= 4 is 34.2 Å². The van der Waals surface area contributed by atoms with E-state index in [0.717, 1.165) is 16.5 Å². The van der Waals surface area contributed by atoms with Crippen LogP contribution < -0.4 is 5.73 Å². The zero-order valence-corrected chi connectivity index (χ0v) is 15.5. The van der Waals surface area contributed by atoms with E-state index in [1.807, 2.05) is 49.5 Å². The molecule has 124 valence electrons. The molecule has 2 aromatic rings. The van der Waals surface area contributed by atoms with Crippen molar-refractivity contribution in [1.29, 1.82) is 0 Å². The average Bonchev–Trinajstić information content (AvgIpc) is 2.54. The third kappa shape index (κ3) is 6.34. The van der Waals surface area contributed by atoms with Crippen molar-refractivity contribution in [2.75, 3.05) is 13.6 Å². The number of halogens is 2. The number of hydrogen-bond donors (Lipinski definition) is 1. The Morgan fingerprint density at radius 3 is 2.35 bits per heavy atom. The van der Waals surface area contributed by atoms with Crippen molar-refractivity contribution in [2.24, 2.45) is 5.73 Å². The summed E-state index contributed by atoms with van der Waals surface area (Å²) in [5.74, 6) is 0.0773. The minimum absolute atomic E-state index is 0. The van der Waals surface area contributed by atoms with E-state index in [1.165, 1.54) is 5.56 Å². The molecule has 0 heterocycles. The molecule has 0 aliphatic rings. The fourth-order valence-electron chi connectivity index (χ4n) is 2.23. The molecule has 1 atom stereocenters. The molecule has 2 N–H and O–H groups in total. The number of rotatable bonds is 6. The van der Waals surface area contributed by atoms with Gasteiger partial charge in [-0.1, -0.05) is 58.4 Å². The number of nitrogens with two attached hydrogens (primary N) is 1. The molecule has 2 aromatic carbocycles. The Morgan fingerprint density at radius 2 is 1.74 bits per heavy atom. The molecule has 0 fully saturated rings. The summed E-state index contributed by atoms with van der Waals surface area (Å²) in [7, 11) is 1.83. The number of carbonyl (C=O) groups is 1. The fourth-order valence-corrected chi connectivity index (χ4v) is 2.50. The fraction of sp³-hybridized carbons (Fsp3) is 0.278. The molecule has 0 aliphatic heterocycles. The minimum atomic E-state index is -0.246. The molecule has 3 nitrogen and oxygen atoms in total. The van der Waals surface area contributed by atoms with Crippen molar-refractivity contribution in [1.82, 2.24) is 4.90 Å². The van der Waals surface area contributed by atoms with Gasteiger partial charge in [0, 0.05) is 30.5 Å². The number of hydrogen-bond acceptors (Lipinski definition) is 2. The Balaban J connectivity index is 0.00000264. The van der Waals surface area contributed by atoms with Gasteiger partial charge in [-0.25, -0.2) is 0 Å². The number of likely N-dealkylation sites (N-methyl/N-ethyl adjacent to an activating group) is 1. The van der Waals surface area contributed by atoms with Crippen LogP contribution in [-0.2, 0) is 11.2 Å². The lowest BCUT2D eigenvalue weighted by molar-refractivity contribution is -0.130. The van der Waals surface area contributed by atoms with E-state index in [4.69, 9.17) is 5.73 Å². The Morgan fingerprint density at radius 1 is 1.13 bits per heavy atom. The molecular formula is C18H22BrClN2O. The van der Waals surface area contributed by atoms with Crippen LogP contribution in [0.4, 0.5) is 0 Å². The Bertz CT molecular complexity index is 604. The predicted molar refractivity (Wildman–Crippen MR) is 101 cm³/mol. The highest BCUT2D eigenvalue weighted by molar-refractivity contribution is 9.10. The zero-order valence-electron chi connectivity index (χ0n) is 13.1. The van der Waals surface area contributed by atoms with E-state index in [-0.39, 0.29) is 24.4 Å². The topological polar surface area (TPSA) is 46.3 Å². The Labute approximate surface area is 152 Å². The molecule has 0 aliphatic carbocycles. The summed E-state index contributed by atoms with van der Waals surface area (Å²) in [6.45, 7) is 0.696. The van der Waals surface area contributed by atoms with Crippen LogP contribution in [0.25, 0.3) is 0 Å². The largest absolute Gasteiger partial charge is 0.345 e. The molecule has 0 saturated heterocycles. The van der Waals surface area contributed by atoms with Crippen molar-refractivity contribution in [3.8, 4) is 0 Å². The lowest BCUT2D eigenvalue weighted by atomic mass is 10.0. The summed E-state index contributed by atoms with van der Waals surface area (Å²) in [5, 5.41) is 0. The second-order valence-corrected chi connectivity index (χ2v) is 6.33. The van der Waals surface area contributed by atoms with Crippen LogP contribution in [0.5, 0.6) is 0 Å². The maximum absolute atomic E-state index is 12.2. The highest BCUT2D eigenvalue weighted by Crippen LogP contribution is 2.15. The van der Waals surface area contributed by atoms with Gasteiger partial charge in [0.05, 0.1) is 0 Å². The normalized spacial score (nSPS) is 11.4. The van der Waals surface area contributed by atoms with Crippen molar-refractivity contribution < 1.29 is 4.79 Å². The first-order valence-corrected chi connectivity index (χ1v) is 8.14. The predicted octanol–water partition coefficient (Wildman–Crippen LogP) is 3.96. The molecule has 0 bridgehead atoms. The molecule has 0 spiro atoms. The number of carbonyl (C=O) groups excluding carboxylic acids is 1. The molecular weight excluding hydrogens is 376 g/mol. The highest BCUT2D eigenvalue weighted by atomic mass is 79.9. The summed E-state index contributed by atoms with van der Waals surface area (Å²) in [5.41, 5.74) is 8.32. The van der Waals surface area contributed by atoms with E-state index in [0.29, 0.717) is 13.0 Å². The van der Waals surface area contributed by atoms with Gasteiger partial charge in [0.1, 0.15) is 0 Å². The summed E-state index contributed by atoms with van der Waals surface area (Å²) in [4.78, 5) is 14.0. The number of benzene rings is 2. The van der Waals surface area contributed by atoms with Crippen LogP contribution in [0.15, 0.2) is 59.1 Å². The van der Waals surface area contributed by atoms with E-state index < -0.39 is 0 Å². The van der Waals surface area contributed by atoms with Gasteiger partial charge in [0.2, 0.25) is 5.91 Å². The molecule has 1 unspecified atom stereocenters. The third-order valence-electron chi connectivity index (χ3n) is 3.70. The van der Waals surface area contributed by atoms with Gasteiger partial charge in [-0.2, -0.15) is 0 Å². The van der Waals surface area contributed by atoms with Gasteiger partial charge >= 0.3 is 0 Å². The monoisotopic (exact) mass is 396 g/mol. The maximum atomic E-state index is 12.2. The molecule has 1 amide bonds. The van der Waals surface area contributed by atoms with Gasteiger partial charge < -0.3 is 10.6 Å². The van der Waals surface area contributed by atoms with Crippen LogP contribution >= 0.6 is 28.3 Å². The first-order chi connectivity index (χ1) is 10.6. The smallest absolute Gasteiger partial charge is 0.224 e. The van der Waals surface area contributed by atoms with E-state index >= 15 is 0 Å². The molecule has 0 radical (unpaired) electrons. The summed E-state index contributed by atoms with van der Waals surface area (Å²) >= 11 is 3.42. The van der Waals surface area contributed by atoms with Crippen molar-refractivity contribution in [3.63, 3.8) is 0 Å². The average molecular weight is 398 g/mol. The number of amides is 1. The van der Waals surface area contributed by atoms with Gasteiger partial charge in [-0.15, -0.1) is 12.4 Å². The van der Waals surface area contributed by atoms with Crippen molar-refractivity contribution in [2.45, 2.75) is 18.9 Å². The van der Waals surface area contributed by atoms with E-state index in [9.17, 15) is 4.79 Å². The Hall–Kier alpha value is -1.36. The second-order valence-electron chi connectivity index (χ2n) is 5.41. The lowest BCUT2D eigenvalue weighted by Crippen LogP contribution is -2.31. The van der Waals surface area contributed by atoms with Crippen LogP contribution in [0.3, 0.4) is 0 Å². The van der Waals surface area contributed by atoms with Gasteiger partial charge in [0.25, 0.3) is 0 Å².